The molecular weight excluding hydrogens is 678 g/mol. The van der Waals surface area contributed by atoms with E-state index in [1.165, 1.54) is 18.5 Å². The van der Waals surface area contributed by atoms with Crippen molar-refractivity contribution in [1.29, 1.82) is 0 Å². The maximum atomic E-state index is 15.3. The van der Waals surface area contributed by atoms with Crippen LogP contribution >= 0.6 is 0 Å². The third kappa shape index (κ3) is 6.28. The van der Waals surface area contributed by atoms with Crippen molar-refractivity contribution in [2.24, 2.45) is 13.0 Å². The van der Waals surface area contributed by atoms with Crippen LogP contribution in [0.4, 0.5) is 26.3 Å². The average molecular weight is 709 g/mol. The van der Waals surface area contributed by atoms with E-state index in [4.69, 9.17) is 4.98 Å². The Balaban J connectivity index is 1.36. The van der Waals surface area contributed by atoms with E-state index in [2.05, 4.69) is 27.4 Å². The number of pyridine rings is 1. The van der Waals surface area contributed by atoms with Crippen molar-refractivity contribution in [3.05, 3.63) is 104 Å². The molecule has 0 spiro atoms. The number of rotatable bonds is 8. The molecule has 51 heavy (non-hydrogen) atoms. The zero-order valence-electron chi connectivity index (χ0n) is 27.4. The fourth-order valence-electron chi connectivity index (χ4n) is 6.96. The summed E-state index contributed by atoms with van der Waals surface area (Å²) in [5, 5.41) is 19.7. The van der Waals surface area contributed by atoms with Gasteiger partial charge in [0.1, 0.15) is 40.9 Å². The average Bonchev–Trinajstić information content (AvgIpc) is 3.60. The predicted octanol–water partition coefficient (Wildman–Crippen LogP) is 5.77. The lowest BCUT2D eigenvalue weighted by atomic mass is 9.93. The Labute approximate surface area is 286 Å². The number of hydrogen-bond donors (Lipinski definition) is 3. The minimum Gasteiger partial charge on any atom is -0.378 e. The van der Waals surface area contributed by atoms with Crippen LogP contribution in [-0.2, 0) is 30.7 Å². The highest BCUT2D eigenvalue weighted by Crippen LogP contribution is 2.68. The van der Waals surface area contributed by atoms with E-state index in [0.717, 1.165) is 12.1 Å². The predicted molar refractivity (Wildman–Crippen MR) is 173 cm³/mol. The Morgan fingerprint density at radius 3 is 2.53 bits per heavy atom. The molecule has 3 aromatic heterocycles. The number of nitrogens with one attached hydrogen (secondary N) is 2. The van der Waals surface area contributed by atoms with Crippen LogP contribution in [0.1, 0.15) is 72.6 Å². The molecule has 1 fully saturated rings. The number of aromatic nitrogens is 5. The molecule has 3 unspecified atom stereocenters. The molecule has 2 aromatic carbocycles. The van der Waals surface area contributed by atoms with Gasteiger partial charge in [0.15, 0.2) is 0 Å². The third-order valence-corrected chi connectivity index (χ3v) is 9.08. The van der Waals surface area contributed by atoms with Gasteiger partial charge in [-0.2, -0.15) is 13.9 Å². The van der Waals surface area contributed by atoms with Gasteiger partial charge >= 0.3 is 0 Å². The first-order valence-corrected chi connectivity index (χ1v) is 16.0. The monoisotopic (exact) mass is 708 g/mol. The zero-order chi connectivity index (χ0) is 36.6. The molecular formula is C36H30F6N6O3. The first-order valence-electron chi connectivity index (χ1n) is 16.0. The first-order chi connectivity index (χ1) is 24.0. The standard InChI is InChI=1S/C36H30F6N6O3/c1-35(2,51)10-9-20-7-8-21(22-5-4-6-23-31(22)47(3)46-34(23)50)29(43-20)26(13-17-11-18(37)14-19(38)12-17)44-27(49)16-48-32-28(30(45-48)33(39)40)24-15-25(24)36(32,41)42/h4-8,11-12,14,24-26,33,51H,13,15-16H2,1-3H3,(H,44,49)(H,46,50). The number of benzene rings is 2. The summed E-state index contributed by atoms with van der Waals surface area (Å²) in [6, 6.07) is 9.67. The highest BCUT2D eigenvalue weighted by molar-refractivity contribution is 5.94. The number of aliphatic hydroxyl groups is 1. The van der Waals surface area contributed by atoms with Crippen LogP contribution in [0, 0.1) is 29.4 Å². The lowest BCUT2D eigenvalue weighted by molar-refractivity contribution is -0.123. The number of carbonyl (C=O) groups excluding carboxylic acids is 1. The van der Waals surface area contributed by atoms with Gasteiger partial charge in [-0.1, -0.05) is 18.1 Å². The minimum atomic E-state index is -3.47. The highest BCUT2D eigenvalue weighted by Gasteiger charge is 2.67. The number of alkyl halides is 4. The van der Waals surface area contributed by atoms with Crippen LogP contribution in [0.25, 0.3) is 22.0 Å². The molecule has 1 amide bonds. The fourth-order valence-corrected chi connectivity index (χ4v) is 6.96. The minimum absolute atomic E-state index is 0.0461. The van der Waals surface area contributed by atoms with E-state index in [9.17, 15) is 32.3 Å². The van der Waals surface area contributed by atoms with Crippen molar-refractivity contribution in [3.63, 3.8) is 0 Å². The largest absolute Gasteiger partial charge is 0.378 e. The topological polar surface area (TPSA) is 118 Å². The van der Waals surface area contributed by atoms with E-state index < -0.39 is 71.3 Å². The molecule has 0 bridgehead atoms. The van der Waals surface area contributed by atoms with Crippen LogP contribution in [-0.4, -0.2) is 41.2 Å². The zero-order valence-corrected chi connectivity index (χ0v) is 27.4. The second-order valence-electron chi connectivity index (χ2n) is 13.4. The van der Waals surface area contributed by atoms with Gasteiger partial charge in [-0.25, -0.2) is 22.5 Å². The van der Waals surface area contributed by atoms with Gasteiger partial charge in [-0.05, 0) is 74.4 Å². The summed E-state index contributed by atoms with van der Waals surface area (Å²) < 4.78 is 89.4. The number of halogens is 6. The summed E-state index contributed by atoms with van der Waals surface area (Å²) in [6.07, 6.45) is -3.37. The molecule has 3 atom stereocenters. The molecule has 3 heterocycles. The normalized spacial score (nSPS) is 17.9. The Kier molecular flexibility index (Phi) is 8.13. The summed E-state index contributed by atoms with van der Waals surface area (Å²) in [6.45, 7) is 2.05. The summed E-state index contributed by atoms with van der Waals surface area (Å²) in [5.74, 6) is -2.66. The van der Waals surface area contributed by atoms with Crippen molar-refractivity contribution < 1.29 is 36.2 Å². The Morgan fingerprint density at radius 2 is 1.84 bits per heavy atom. The van der Waals surface area contributed by atoms with E-state index >= 15 is 8.78 Å². The Hall–Kier alpha value is -5.36. The SMILES string of the molecule is Cn1[nH]c(=O)c2cccc(-c3ccc(C#CC(C)(C)O)nc3C(Cc3cc(F)cc(F)c3)NC(=O)Cn3nc(C(F)F)c4c3C(F)(F)C3CC43)c21. The van der Waals surface area contributed by atoms with Crippen molar-refractivity contribution in [2.75, 3.05) is 0 Å². The number of aromatic amines is 1. The Bertz CT molecular complexity index is 2320. The number of hydrogen-bond acceptors (Lipinski definition) is 5. The van der Waals surface area contributed by atoms with Crippen LogP contribution < -0.4 is 10.9 Å². The lowest BCUT2D eigenvalue weighted by Gasteiger charge is -2.23. The quantitative estimate of drug-likeness (QED) is 0.140. The Morgan fingerprint density at radius 1 is 1.12 bits per heavy atom. The molecule has 15 heteroatoms. The van der Waals surface area contributed by atoms with E-state index in [-0.39, 0.29) is 40.9 Å². The summed E-state index contributed by atoms with van der Waals surface area (Å²) in [7, 11) is 1.62. The maximum absolute atomic E-state index is 15.3. The fraction of sp³-hybridized carbons (Fsp3) is 0.333. The van der Waals surface area contributed by atoms with Crippen LogP contribution in [0.15, 0.2) is 53.3 Å². The van der Waals surface area contributed by atoms with Crippen molar-refractivity contribution in [3.8, 4) is 23.0 Å². The number of carbonyl (C=O) groups is 1. The summed E-state index contributed by atoms with van der Waals surface area (Å²) >= 11 is 0. The summed E-state index contributed by atoms with van der Waals surface area (Å²) in [4.78, 5) is 31.1. The molecule has 3 N–H and O–H groups in total. The van der Waals surface area contributed by atoms with Gasteiger partial charge in [-0.15, -0.1) is 0 Å². The summed E-state index contributed by atoms with van der Waals surface area (Å²) in [5.41, 5.74) is -1.86. The number of nitrogens with zero attached hydrogens (tertiary/aromatic N) is 4. The molecule has 2 aliphatic carbocycles. The molecule has 5 aromatic rings. The second kappa shape index (κ2) is 12.2. The third-order valence-electron chi connectivity index (χ3n) is 9.08. The van der Waals surface area contributed by atoms with Gasteiger partial charge in [-0.3, -0.25) is 24.1 Å². The molecule has 2 aliphatic rings. The van der Waals surface area contributed by atoms with E-state index in [1.54, 1.807) is 37.4 Å². The van der Waals surface area contributed by atoms with Crippen molar-refractivity contribution in [2.45, 2.75) is 63.1 Å². The molecule has 264 valence electrons. The number of H-pyrrole nitrogens is 1. The highest BCUT2D eigenvalue weighted by atomic mass is 19.3. The van der Waals surface area contributed by atoms with Gasteiger partial charge < -0.3 is 10.4 Å². The van der Waals surface area contributed by atoms with Crippen LogP contribution in [0.3, 0.4) is 0 Å². The van der Waals surface area contributed by atoms with Gasteiger partial charge in [0.25, 0.3) is 17.9 Å². The molecule has 0 saturated heterocycles. The number of aryl methyl sites for hydroxylation is 1. The molecule has 1 saturated carbocycles. The van der Waals surface area contributed by atoms with Crippen LogP contribution in [0.5, 0.6) is 0 Å². The van der Waals surface area contributed by atoms with Crippen LogP contribution in [0.2, 0.25) is 0 Å². The van der Waals surface area contributed by atoms with E-state index in [1.807, 2.05) is 0 Å². The van der Waals surface area contributed by atoms with Gasteiger partial charge in [0.05, 0.1) is 22.6 Å². The molecule has 7 rings (SSSR count). The van der Waals surface area contributed by atoms with Crippen molar-refractivity contribution >= 4 is 16.8 Å². The number of para-hydroxylation sites is 1. The second-order valence-corrected chi connectivity index (χ2v) is 13.4. The number of amides is 1. The molecule has 0 aliphatic heterocycles. The number of fused-ring (bicyclic) bond motifs is 4. The van der Waals surface area contributed by atoms with Crippen molar-refractivity contribution in [1.82, 2.24) is 29.9 Å². The van der Waals surface area contributed by atoms with Gasteiger partial charge in [0, 0.05) is 35.7 Å². The maximum Gasteiger partial charge on any atom is 0.293 e. The lowest BCUT2D eigenvalue weighted by Crippen LogP contribution is -2.35. The van der Waals surface area contributed by atoms with Gasteiger partial charge in [0.2, 0.25) is 5.91 Å². The molecule has 0 radical (unpaired) electrons. The smallest absolute Gasteiger partial charge is 0.293 e. The molecule has 9 nitrogen and oxygen atoms in total. The first kappa shape index (κ1) is 34.1. The van der Waals surface area contributed by atoms with E-state index in [0.29, 0.717) is 32.8 Å².